The molecule has 1 aliphatic heterocycles. The summed E-state index contributed by atoms with van der Waals surface area (Å²) in [7, 11) is 1.66. The van der Waals surface area contributed by atoms with E-state index in [-0.39, 0.29) is 0 Å². The van der Waals surface area contributed by atoms with Gasteiger partial charge in [0.2, 0.25) is 0 Å². The van der Waals surface area contributed by atoms with E-state index < -0.39 is 0 Å². The number of aromatic nitrogens is 1. The summed E-state index contributed by atoms with van der Waals surface area (Å²) in [5.41, 5.74) is 1.17. The minimum atomic E-state index is 0.578. The molecule has 0 unspecified atom stereocenters. The van der Waals surface area contributed by atoms with Crippen molar-refractivity contribution in [3.8, 4) is 5.19 Å². The van der Waals surface area contributed by atoms with Crippen molar-refractivity contribution in [2.45, 2.75) is 18.8 Å². The van der Waals surface area contributed by atoms with Crippen molar-refractivity contribution < 1.29 is 9.47 Å². The Kier molecular flexibility index (Phi) is 2.80. The van der Waals surface area contributed by atoms with Crippen molar-refractivity contribution in [1.29, 1.82) is 0 Å². The molecule has 1 fully saturated rings. The quantitative estimate of drug-likeness (QED) is 0.730. The first kappa shape index (κ1) is 8.97. The van der Waals surface area contributed by atoms with Crippen LogP contribution in [0.5, 0.6) is 5.19 Å². The van der Waals surface area contributed by atoms with Crippen LogP contribution in [0.15, 0.2) is 5.38 Å². The van der Waals surface area contributed by atoms with Crippen LogP contribution in [0.2, 0.25) is 0 Å². The monoisotopic (exact) mass is 199 g/mol. The number of thiazole rings is 1. The number of methoxy groups -OCH3 is 1. The largest absolute Gasteiger partial charge is 0.473 e. The molecule has 0 atom stereocenters. The third kappa shape index (κ3) is 2.00. The molecule has 2 heterocycles. The molecule has 1 aliphatic rings. The fraction of sp³-hybridized carbons (Fsp3) is 0.667. The van der Waals surface area contributed by atoms with Crippen LogP contribution in [0.25, 0.3) is 0 Å². The molecule has 1 aromatic rings. The summed E-state index contributed by atoms with van der Waals surface area (Å²) >= 11 is 1.57. The molecule has 72 valence electrons. The van der Waals surface area contributed by atoms with E-state index >= 15 is 0 Å². The normalized spacial score (nSPS) is 18.8. The van der Waals surface area contributed by atoms with E-state index in [1.165, 1.54) is 5.69 Å². The van der Waals surface area contributed by atoms with Crippen molar-refractivity contribution >= 4 is 11.3 Å². The molecule has 1 saturated heterocycles. The molecule has 2 rings (SSSR count). The van der Waals surface area contributed by atoms with E-state index in [9.17, 15) is 0 Å². The van der Waals surface area contributed by atoms with Gasteiger partial charge in [0, 0.05) is 24.5 Å². The summed E-state index contributed by atoms with van der Waals surface area (Å²) in [5, 5.41) is 2.86. The maximum absolute atomic E-state index is 5.30. The van der Waals surface area contributed by atoms with Crippen LogP contribution < -0.4 is 4.74 Å². The highest BCUT2D eigenvalue weighted by atomic mass is 32.1. The van der Waals surface area contributed by atoms with Gasteiger partial charge in [-0.2, -0.15) is 0 Å². The smallest absolute Gasteiger partial charge is 0.273 e. The second kappa shape index (κ2) is 4.07. The van der Waals surface area contributed by atoms with Crippen molar-refractivity contribution in [3.63, 3.8) is 0 Å². The Bertz CT molecular complexity index is 268. The minimum Gasteiger partial charge on any atom is -0.473 e. The van der Waals surface area contributed by atoms with E-state index in [4.69, 9.17) is 9.47 Å². The molecule has 0 aromatic carbocycles. The van der Waals surface area contributed by atoms with E-state index in [2.05, 4.69) is 10.4 Å². The zero-order valence-electron chi connectivity index (χ0n) is 7.66. The van der Waals surface area contributed by atoms with Gasteiger partial charge in [-0.3, -0.25) is 0 Å². The Morgan fingerprint density at radius 1 is 1.54 bits per heavy atom. The molecule has 0 amide bonds. The lowest BCUT2D eigenvalue weighted by atomic mass is 9.98. The van der Waals surface area contributed by atoms with Gasteiger partial charge >= 0.3 is 0 Å². The molecule has 0 bridgehead atoms. The fourth-order valence-electron chi connectivity index (χ4n) is 1.54. The van der Waals surface area contributed by atoms with Gasteiger partial charge in [-0.15, -0.1) is 0 Å². The van der Waals surface area contributed by atoms with E-state index in [1.807, 2.05) is 0 Å². The van der Waals surface area contributed by atoms with E-state index in [0.29, 0.717) is 5.92 Å². The lowest BCUT2D eigenvalue weighted by molar-refractivity contribution is 0.0845. The molecule has 0 spiro atoms. The highest BCUT2D eigenvalue weighted by molar-refractivity contribution is 7.11. The maximum atomic E-state index is 5.30. The van der Waals surface area contributed by atoms with Crippen molar-refractivity contribution in [1.82, 2.24) is 4.98 Å². The predicted octanol–water partition coefficient (Wildman–Crippen LogP) is 2.05. The average molecular weight is 199 g/mol. The second-order valence-electron chi connectivity index (χ2n) is 3.13. The molecule has 0 radical (unpaired) electrons. The third-order valence-electron chi connectivity index (χ3n) is 2.32. The number of hydrogen-bond acceptors (Lipinski definition) is 4. The first-order valence-electron chi connectivity index (χ1n) is 4.47. The van der Waals surface area contributed by atoms with Crippen LogP contribution in [-0.4, -0.2) is 25.3 Å². The Hall–Kier alpha value is -0.610. The Balaban J connectivity index is 2.05. The minimum absolute atomic E-state index is 0.578. The molecule has 0 N–H and O–H groups in total. The van der Waals surface area contributed by atoms with Gasteiger partial charge in [0.1, 0.15) is 0 Å². The summed E-state index contributed by atoms with van der Waals surface area (Å²) in [6, 6.07) is 0. The molecule has 13 heavy (non-hydrogen) atoms. The lowest BCUT2D eigenvalue weighted by Gasteiger charge is -2.19. The molecule has 4 heteroatoms. The van der Waals surface area contributed by atoms with Crippen molar-refractivity contribution in [2.75, 3.05) is 20.3 Å². The summed E-state index contributed by atoms with van der Waals surface area (Å²) in [6.07, 6.45) is 2.18. The number of hydrogen-bond donors (Lipinski definition) is 0. The third-order valence-corrected chi connectivity index (χ3v) is 3.13. The van der Waals surface area contributed by atoms with Gasteiger partial charge in [-0.05, 0) is 12.8 Å². The second-order valence-corrected chi connectivity index (χ2v) is 3.95. The van der Waals surface area contributed by atoms with Crippen LogP contribution in [-0.2, 0) is 4.74 Å². The highest BCUT2D eigenvalue weighted by Gasteiger charge is 2.18. The lowest BCUT2D eigenvalue weighted by Crippen LogP contribution is -2.14. The molecule has 1 aromatic heterocycles. The predicted molar refractivity (Wildman–Crippen MR) is 51.5 cm³/mol. The number of ether oxygens (including phenoxy) is 2. The van der Waals surface area contributed by atoms with Crippen LogP contribution in [0.1, 0.15) is 24.5 Å². The molecular weight excluding hydrogens is 186 g/mol. The maximum Gasteiger partial charge on any atom is 0.273 e. The van der Waals surface area contributed by atoms with Crippen molar-refractivity contribution in [2.24, 2.45) is 0 Å². The SMILES string of the molecule is COc1nc(C2CCOCC2)cs1. The Morgan fingerprint density at radius 3 is 2.92 bits per heavy atom. The summed E-state index contributed by atoms with van der Waals surface area (Å²) < 4.78 is 10.4. The van der Waals surface area contributed by atoms with Gasteiger partial charge in [-0.25, -0.2) is 4.98 Å². The molecule has 0 aliphatic carbocycles. The van der Waals surface area contributed by atoms with Crippen LogP contribution in [0.3, 0.4) is 0 Å². The first-order chi connectivity index (χ1) is 6.40. The highest BCUT2D eigenvalue weighted by Crippen LogP contribution is 2.29. The van der Waals surface area contributed by atoms with Crippen LogP contribution in [0, 0.1) is 0 Å². The summed E-state index contributed by atoms with van der Waals surface area (Å²) in [5.74, 6) is 0.578. The molecule has 3 nitrogen and oxygen atoms in total. The zero-order valence-corrected chi connectivity index (χ0v) is 8.47. The first-order valence-corrected chi connectivity index (χ1v) is 5.35. The van der Waals surface area contributed by atoms with Crippen LogP contribution >= 0.6 is 11.3 Å². The Morgan fingerprint density at radius 2 is 2.31 bits per heavy atom. The summed E-state index contributed by atoms with van der Waals surface area (Å²) in [4.78, 5) is 4.39. The van der Waals surface area contributed by atoms with Gasteiger partial charge in [0.05, 0.1) is 12.8 Å². The van der Waals surface area contributed by atoms with Gasteiger partial charge < -0.3 is 9.47 Å². The fourth-order valence-corrected chi connectivity index (χ4v) is 2.26. The van der Waals surface area contributed by atoms with E-state index in [1.54, 1.807) is 18.4 Å². The van der Waals surface area contributed by atoms with E-state index in [0.717, 1.165) is 31.2 Å². The number of rotatable bonds is 2. The van der Waals surface area contributed by atoms with Gasteiger partial charge in [0.25, 0.3) is 5.19 Å². The molecule has 0 saturated carbocycles. The number of nitrogens with zero attached hydrogens (tertiary/aromatic N) is 1. The molecular formula is C9H13NO2S. The Labute approximate surface area is 81.7 Å². The van der Waals surface area contributed by atoms with Crippen LogP contribution in [0.4, 0.5) is 0 Å². The summed E-state index contributed by atoms with van der Waals surface area (Å²) in [6.45, 7) is 1.73. The average Bonchev–Trinajstić information content (AvgIpc) is 2.67. The van der Waals surface area contributed by atoms with Crippen molar-refractivity contribution in [3.05, 3.63) is 11.1 Å². The zero-order chi connectivity index (χ0) is 9.10. The van der Waals surface area contributed by atoms with Gasteiger partial charge in [0.15, 0.2) is 0 Å². The standard InChI is InChI=1S/C9H13NO2S/c1-11-9-10-8(6-13-9)7-2-4-12-5-3-7/h6-7H,2-5H2,1H3. The van der Waals surface area contributed by atoms with Gasteiger partial charge in [-0.1, -0.05) is 11.3 Å². The topological polar surface area (TPSA) is 31.4 Å².